The minimum Gasteiger partial charge on any atom is -0.296 e. The molecule has 0 radical (unpaired) electrons. The highest BCUT2D eigenvalue weighted by Gasteiger charge is 2.19. The molecule has 1 aromatic heterocycles. The summed E-state index contributed by atoms with van der Waals surface area (Å²) in [6.45, 7) is 2.05. The van der Waals surface area contributed by atoms with E-state index < -0.39 is 36.3 Å². The van der Waals surface area contributed by atoms with Gasteiger partial charge in [-0.2, -0.15) is 0 Å². The van der Waals surface area contributed by atoms with Crippen LogP contribution < -0.4 is 0 Å². The largest absolute Gasteiger partial charge is 0.296 e. The van der Waals surface area contributed by atoms with Gasteiger partial charge in [0.1, 0.15) is 5.82 Å². The Hall–Kier alpha value is -5.47. The van der Waals surface area contributed by atoms with Crippen molar-refractivity contribution in [3.8, 4) is 39.1 Å². The quantitative estimate of drug-likeness (QED) is 0.191. The van der Waals surface area contributed by atoms with Gasteiger partial charge in [-0.3, -0.25) is 4.57 Å². The number of fused-ring (bicyclic) bond motifs is 3. The van der Waals surface area contributed by atoms with Crippen LogP contribution in [0.5, 0.6) is 0 Å². The van der Waals surface area contributed by atoms with Crippen molar-refractivity contribution in [3.63, 3.8) is 0 Å². The Balaban J connectivity index is 1.56. The topological polar surface area (TPSA) is 17.8 Å². The fourth-order valence-corrected chi connectivity index (χ4v) is 6.13. The molecule has 0 spiro atoms. The molecule has 0 aliphatic carbocycles. The fraction of sp³-hybridized carbons (Fsp3) is 0.0488. The third-order valence-electron chi connectivity index (χ3n) is 7.93. The van der Waals surface area contributed by atoms with Gasteiger partial charge >= 0.3 is 0 Å². The molecule has 0 aliphatic rings. The molecular weight excluding hydrogens is 520 g/mol. The summed E-state index contributed by atoms with van der Waals surface area (Å²) in [7, 11) is 0. The van der Waals surface area contributed by atoms with E-state index in [4.69, 9.17) is 18.7 Å². The van der Waals surface area contributed by atoms with Gasteiger partial charge in [-0.05, 0) is 73.6 Å². The first-order valence-electron chi connectivity index (χ1n) is 19.1. The van der Waals surface area contributed by atoms with Crippen molar-refractivity contribution in [2.45, 2.75) is 13.3 Å². The molecule has 0 fully saturated rings. The van der Waals surface area contributed by atoms with E-state index in [-0.39, 0.29) is 35.3 Å². The molecule has 8 rings (SSSR count). The van der Waals surface area contributed by atoms with Crippen molar-refractivity contribution in [1.29, 1.82) is 0 Å². The maximum atomic E-state index is 9.04. The van der Waals surface area contributed by atoms with Crippen LogP contribution in [0, 0.1) is 0 Å². The number of para-hydroxylation sites is 3. The molecule has 0 atom stereocenters. The number of benzene rings is 7. The van der Waals surface area contributed by atoms with E-state index >= 15 is 0 Å². The van der Waals surface area contributed by atoms with Crippen LogP contribution in [0.15, 0.2) is 151 Å². The molecule has 1 heterocycles. The predicted molar refractivity (Wildman–Crippen MR) is 182 cm³/mol. The lowest BCUT2D eigenvalue weighted by Gasteiger charge is -2.19. The van der Waals surface area contributed by atoms with Gasteiger partial charge in [0.25, 0.3) is 0 Å². The Morgan fingerprint density at radius 1 is 0.581 bits per heavy atom. The smallest absolute Gasteiger partial charge is 0.114 e. The van der Waals surface area contributed by atoms with Crippen LogP contribution in [-0.4, -0.2) is 9.55 Å². The summed E-state index contributed by atoms with van der Waals surface area (Å²) in [5, 5.41) is 1.99. The number of hydrogen-bond acceptors (Lipinski definition) is 1. The van der Waals surface area contributed by atoms with Crippen molar-refractivity contribution in [1.82, 2.24) is 9.55 Å². The maximum absolute atomic E-state index is 9.04. The van der Waals surface area contributed by atoms with E-state index in [1.807, 2.05) is 73.7 Å². The van der Waals surface area contributed by atoms with Gasteiger partial charge in [-0.1, -0.05) is 134 Å². The molecule has 2 nitrogen and oxygen atoms in total. The van der Waals surface area contributed by atoms with Gasteiger partial charge in [0, 0.05) is 12.0 Å². The first kappa shape index (κ1) is 16.8. The highest BCUT2D eigenvalue weighted by molar-refractivity contribution is 6.22. The molecule has 43 heavy (non-hydrogen) atoms. The number of aryl methyl sites for hydroxylation is 1. The molecule has 8 aromatic rings. The first-order valence-corrected chi connectivity index (χ1v) is 14.1. The van der Waals surface area contributed by atoms with Gasteiger partial charge in [0.2, 0.25) is 0 Å². The molecule has 0 aliphatic heterocycles. The average Bonchev–Trinajstić information content (AvgIpc) is 3.57. The second-order valence-electron chi connectivity index (χ2n) is 10.3. The van der Waals surface area contributed by atoms with Crippen LogP contribution in [-0.2, 0) is 6.42 Å². The second kappa shape index (κ2) is 10.4. The summed E-state index contributed by atoms with van der Waals surface area (Å²) in [6.07, 6.45) is 0.674. The van der Waals surface area contributed by atoms with Crippen LogP contribution in [0.1, 0.15) is 26.5 Å². The molecule has 0 saturated heterocycles. The maximum Gasteiger partial charge on any atom is 0.114 e. The summed E-state index contributed by atoms with van der Waals surface area (Å²) >= 11 is 0. The minimum atomic E-state index is -0.512. The molecule has 0 N–H and O–H groups in total. The van der Waals surface area contributed by atoms with Crippen LogP contribution in [0.4, 0.5) is 0 Å². The number of nitrogens with zero attached hydrogens (tertiary/aromatic N) is 2. The average molecular weight is 561 g/mol. The lowest BCUT2D eigenvalue weighted by molar-refractivity contribution is 0.909. The summed E-state index contributed by atoms with van der Waals surface area (Å²) < 4.78 is 88.9. The van der Waals surface area contributed by atoms with Crippen LogP contribution in [0.25, 0.3) is 71.6 Å². The molecule has 2 heteroatoms. The number of aromatic nitrogens is 2. The summed E-state index contributed by atoms with van der Waals surface area (Å²) in [5.74, 6) is 0.869. The van der Waals surface area contributed by atoms with E-state index in [9.17, 15) is 0 Å². The monoisotopic (exact) mass is 560 g/mol. The van der Waals surface area contributed by atoms with E-state index in [0.717, 1.165) is 33.7 Å². The molecule has 7 aromatic carbocycles. The van der Waals surface area contributed by atoms with Crippen LogP contribution in [0.2, 0.25) is 0 Å². The molecule has 204 valence electrons. The SMILES string of the molecule is [2H]c1c([2H])c([2H])c(-c2c3ccccc3c(-c3c([2H])c([2H])c([2H])c([2H])c3[2H])c3cc(-c4ccccc4-n4c(CC)nc5ccccc54)ccc23)c([2H])c1[2H]. The molecular formula is C41H30N2. The van der Waals surface area contributed by atoms with Gasteiger partial charge in [-0.15, -0.1) is 0 Å². The molecule has 0 unspecified atom stereocenters. The molecule has 0 saturated carbocycles. The Labute approximate surface area is 265 Å². The first-order chi connectivity index (χ1) is 25.5. The summed E-state index contributed by atoms with van der Waals surface area (Å²) in [4.78, 5) is 4.90. The minimum absolute atomic E-state index is 0.00381. The Kier molecular flexibility index (Phi) is 4.08. The Morgan fingerprint density at radius 3 is 1.86 bits per heavy atom. The van der Waals surface area contributed by atoms with Crippen molar-refractivity contribution >= 4 is 32.6 Å². The summed E-state index contributed by atoms with van der Waals surface area (Å²) in [5.41, 5.74) is 5.04. The van der Waals surface area contributed by atoms with Crippen molar-refractivity contribution in [3.05, 3.63) is 157 Å². The predicted octanol–water partition coefficient (Wildman–Crippen LogP) is 10.9. The zero-order valence-corrected chi connectivity index (χ0v) is 23.3. The van der Waals surface area contributed by atoms with Crippen molar-refractivity contribution in [2.75, 3.05) is 0 Å². The van der Waals surface area contributed by atoms with E-state index in [1.54, 1.807) is 24.3 Å². The van der Waals surface area contributed by atoms with Crippen molar-refractivity contribution < 1.29 is 13.7 Å². The van der Waals surface area contributed by atoms with E-state index in [0.29, 0.717) is 39.1 Å². The molecule has 0 bridgehead atoms. The third kappa shape index (κ3) is 4.14. The number of rotatable bonds is 5. The highest BCUT2D eigenvalue weighted by Crippen LogP contribution is 2.45. The number of hydrogen-bond donors (Lipinski definition) is 0. The van der Waals surface area contributed by atoms with E-state index in [2.05, 4.69) is 4.57 Å². The number of imidazole rings is 1. The van der Waals surface area contributed by atoms with Gasteiger partial charge in [0.05, 0.1) is 30.4 Å². The van der Waals surface area contributed by atoms with Crippen LogP contribution >= 0.6 is 0 Å². The Morgan fingerprint density at radius 2 is 1.16 bits per heavy atom. The Bertz CT molecular complexity index is 2780. The van der Waals surface area contributed by atoms with E-state index in [1.165, 1.54) is 0 Å². The van der Waals surface area contributed by atoms with Crippen LogP contribution in [0.3, 0.4) is 0 Å². The van der Waals surface area contributed by atoms with Crippen molar-refractivity contribution in [2.24, 2.45) is 0 Å². The normalized spacial score (nSPS) is 14.7. The zero-order valence-electron chi connectivity index (χ0n) is 33.3. The second-order valence-corrected chi connectivity index (χ2v) is 10.3. The van der Waals surface area contributed by atoms with Gasteiger partial charge < -0.3 is 0 Å². The van der Waals surface area contributed by atoms with Gasteiger partial charge in [0.15, 0.2) is 0 Å². The highest BCUT2D eigenvalue weighted by atomic mass is 15.1. The van der Waals surface area contributed by atoms with Gasteiger partial charge in [-0.25, -0.2) is 4.98 Å². The lowest BCUT2D eigenvalue weighted by Crippen LogP contribution is -2.02. The standard InChI is InChI=1S/C41H30N2/c1-2-39-42-36-22-12-14-24-38(36)43(39)37-23-13-11-19-31(37)30-25-26-34-35(27-30)41(29-17-7-4-8-18-29)33-21-10-9-20-32(33)40(34)28-15-5-3-6-16-28/h3-27H,2H2,1H3/i3D,4D,5D,6D,7D,8D,15D,16D,17D,18D. The molecule has 0 amide bonds. The lowest BCUT2D eigenvalue weighted by atomic mass is 9.85. The third-order valence-corrected chi connectivity index (χ3v) is 7.93. The summed E-state index contributed by atoms with van der Waals surface area (Å²) in [6, 6.07) is 24.1. The zero-order chi connectivity index (χ0) is 37.5. The fourth-order valence-electron chi connectivity index (χ4n) is 6.13.